The number of hydrogen-bond acceptors (Lipinski definition) is 2. The van der Waals surface area contributed by atoms with E-state index in [-0.39, 0.29) is 12.1 Å². The van der Waals surface area contributed by atoms with Crippen LogP contribution in [0.15, 0.2) is 0 Å². The van der Waals surface area contributed by atoms with Crippen LogP contribution in [-0.2, 0) is 4.79 Å². The summed E-state index contributed by atoms with van der Waals surface area (Å²) < 4.78 is 0. The maximum absolute atomic E-state index is 11.5. The normalized spacial score (nSPS) is 31.1. The topological polar surface area (TPSA) is 32.3 Å². The first kappa shape index (κ1) is 9.00. The van der Waals surface area contributed by atoms with E-state index in [1.807, 2.05) is 4.90 Å². The molecule has 1 amide bonds. The van der Waals surface area contributed by atoms with E-state index < -0.39 is 0 Å². The molecule has 1 saturated carbocycles. The average Bonchev–Trinajstić information content (AvgIpc) is 2.84. The van der Waals surface area contributed by atoms with Crippen LogP contribution >= 0.6 is 0 Å². The van der Waals surface area contributed by atoms with Gasteiger partial charge in [0.2, 0.25) is 5.91 Å². The summed E-state index contributed by atoms with van der Waals surface area (Å²) in [5.41, 5.74) is 0.482. The molecule has 74 valence electrons. The van der Waals surface area contributed by atoms with Crippen molar-refractivity contribution in [3.63, 3.8) is 0 Å². The molecule has 3 heteroatoms. The van der Waals surface area contributed by atoms with Gasteiger partial charge in [-0.05, 0) is 31.6 Å². The number of hydrogen-bond donors (Lipinski definition) is 1. The van der Waals surface area contributed by atoms with Crippen LogP contribution in [-0.4, -0.2) is 30.1 Å². The molecule has 13 heavy (non-hydrogen) atoms. The molecule has 0 spiro atoms. The van der Waals surface area contributed by atoms with Gasteiger partial charge in [0.25, 0.3) is 0 Å². The third-order valence-electron chi connectivity index (χ3n) is 3.55. The zero-order valence-corrected chi connectivity index (χ0v) is 8.47. The molecule has 1 atom stereocenters. The first-order valence-electron chi connectivity index (χ1n) is 5.20. The molecule has 0 radical (unpaired) electrons. The van der Waals surface area contributed by atoms with Gasteiger partial charge in [-0.3, -0.25) is 10.1 Å². The fraction of sp³-hybridized carbons (Fsp3) is 0.900. The summed E-state index contributed by atoms with van der Waals surface area (Å²) in [6.07, 6.45) is 4.07. The van der Waals surface area contributed by atoms with Crippen molar-refractivity contribution >= 4 is 5.91 Å². The summed E-state index contributed by atoms with van der Waals surface area (Å²) in [6.45, 7) is 5.79. The molecule has 0 aromatic rings. The fourth-order valence-electron chi connectivity index (χ4n) is 2.05. The van der Waals surface area contributed by atoms with Crippen LogP contribution in [0.2, 0.25) is 0 Å². The Balaban J connectivity index is 1.97. The summed E-state index contributed by atoms with van der Waals surface area (Å²) >= 11 is 0. The number of carbonyl (C=O) groups excluding carboxylic acids is 1. The minimum Gasteiger partial charge on any atom is -0.326 e. The predicted molar refractivity (Wildman–Crippen MR) is 51.1 cm³/mol. The molecular weight excluding hydrogens is 164 g/mol. The van der Waals surface area contributed by atoms with Crippen molar-refractivity contribution in [2.24, 2.45) is 5.41 Å². The third kappa shape index (κ3) is 1.57. The van der Waals surface area contributed by atoms with E-state index in [2.05, 4.69) is 19.2 Å². The molecule has 1 N–H and O–H groups in total. The number of nitrogens with one attached hydrogen (secondary N) is 1. The SMILES string of the molecule is CCC1(CN2C(=O)CNC2C)CC1. The molecule has 0 aromatic heterocycles. The zero-order chi connectivity index (χ0) is 9.47. The number of carbonyl (C=O) groups is 1. The van der Waals surface area contributed by atoms with Crippen molar-refractivity contribution in [2.75, 3.05) is 13.1 Å². The van der Waals surface area contributed by atoms with Gasteiger partial charge < -0.3 is 4.90 Å². The molecule has 2 aliphatic rings. The second-order valence-corrected chi connectivity index (χ2v) is 4.43. The van der Waals surface area contributed by atoms with Crippen LogP contribution in [0.4, 0.5) is 0 Å². The van der Waals surface area contributed by atoms with E-state index in [1.54, 1.807) is 0 Å². The zero-order valence-electron chi connectivity index (χ0n) is 8.47. The summed E-state index contributed by atoms with van der Waals surface area (Å²) in [6, 6.07) is 0. The summed E-state index contributed by atoms with van der Waals surface area (Å²) in [5.74, 6) is 0.271. The number of nitrogens with zero attached hydrogens (tertiary/aromatic N) is 1. The van der Waals surface area contributed by atoms with Crippen LogP contribution in [0.5, 0.6) is 0 Å². The molecule has 0 bridgehead atoms. The van der Waals surface area contributed by atoms with Crippen molar-refractivity contribution in [3.8, 4) is 0 Å². The lowest BCUT2D eigenvalue weighted by Gasteiger charge is -2.25. The van der Waals surface area contributed by atoms with Gasteiger partial charge in [0.1, 0.15) is 0 Å². The second kappa shape index (κ2) is 2.98. The Labute approximate surface area is 79.5 Å². The first-order valence-corrected chi connectivity index (χ1v) is 5.20. The Morgan fingerprint density at radius 2 is 2.31 bits per heavy atom. The van der Waals surface area contributed by atoms with Crippen LogP contribution in [0.1, 0.15) is 33.1 Å². The van der Waals surface area contributed by atoms with Gasteiger partial charge in [0.05, 0.1) is 12.7 Å². The molecule has 0 aromatic carbocycles. The maximum atomic E-state index is 11.5. The van der Waals surface area contributed by atoms with Gasteiger partial charge in [-0.1, -0.05) is 6.92 Å². The van der Waals surface area contributed by atoms with Crippen molar-refractivity contribution in [3.05, 3.63) is 0 Å². The van der Waals surface area contributed by atoms with E-state index in [1.165, 1.54) is 19.3 Å². The van der Waals surface area contributed by atoms with E-state index >= 15 is 0 Å². The van der Waals surface area contributed by atoms with Crippen molar-refractivity contribution in [1.29, 1.82) is 0 Å². The van der Waals surface area contributed by atoms with Gasteiger partial charge in [0, 0.05) is 6.54 Å². The minimum absolute atomic E-state index is 0.247. The smallest absolute Gasteiger partial charge is 0.237 e. The summed E-state index contributed by atoms with van der Waals surface area (Å²) in [4.78, 5) is 13.5. The average molecular weight is 182 g/mol. The first-order chi connectivity index (χ1) is 6.17. The van der Waals surface area contributed by atoms with Crippen LogP contribution in [0.25, 0.3) is 0 Å². The summed E-state index contributed by atoms with van der Waals surface area (Å²) in [7, 11) is 0. The maximum Gasteiger partial charge on any atom is 0.237 e. The highest BCUT2D eigenvalue weighted by atomic mass is 16.2. The van der Waals surface area contributed by atoms with Crippen molar-refractivity contribution < 1.29 is 4.79 Å². The second-order valence-electron chi connectivity index (χ2n) is 4.43. The van der Waals surface area contributed by atoms with E-state index in [0.717, 1.165) is 6.54 Å². The van der Waals surface area contributed by atoms with Gasteiger partial charge in [-0.2, -0.15) is 0 Å². The highest BCUT2D eigenvalue weighted by molar-refractivity contribution is 5.80. The van der Waals surface area contributed by atoms with E-state index in [4.69, 9.17) is 0 Å². The Bertz CT molecular complexity index is 223. The number of rotatable bonds is 3. The molecule has 1 saturated heterocycles. The Kier molecular flexibility index (Phi) is 2.06. The molecule has 3 nitrogen and oxygen atoms in total. The number of amides is 1. The highest BCUT2D eigenvalue weighted by Gasteiger charge is 2.44. The van der Waals surface area contributed by atoms with Crippen LogP contribution < -0.4 is 5.32 Å². The minimum atomic E-state index is 0.247. The quantitative estimate of drug-likeness (QED) is 0.705. The molecule has 1 aliphatic heterocycles. The molecule has 2 rings (SSSR count). The van der Waals surface area contributed by atoms with Crippen LogP contribution in [0.3, 0.4) is 0 Å². The molecule has 1 unspecified atom stereocenters. The fourth-order valence-corrected chi connectivity index (χ4v) is 2.05. The van der Waals surface area contributed by atoms with Crippen molar-refractivity contribution in [2.45, 2.75) is 39.3 Å². The van der Waals surface area contributed by atoms with Crippen molar-refractivity contribution in [1.82, 2.24) is 10.2 Å². The molecule has 2 fully saturated rings. The monoisotopic (exact) mass is 182 g/mol. The largest absolute Gasteiger partial charge is 0.326 e. The van der Waals surface area contributed by atoms with Crippen LogP contribution in [0, 0.1) is 5.41 Å². The highest BCUT2D eigenvalue weighted by Crippen LogP contribution is 2.49. The summed E-state index contributed by atoms with van der Waals surface area (Å²) in [5, 5.41) is 3.17. The predicted octanol–water partition coefficient (Wildman–Crippen LogP) is 0.954. The Hall–Kier alpha value is -0.570. The molecular formula is C10H18N2O. The lowest BCUT2D eigenvalue weighted by atomic mass is 10.0. The van der Waals surface area contributed by atoms with E-state index in [9.17, 15) is 4.79 Å². The lowest BCUT2D eigenvalue weighted by Crippen LogP contribution is -2.38. The Morgan fingerprint density at radius 3 is 2.69 bits per heavy atom. The van der Waals surface area contributed by atoms with E-state index in [0.29, 0.717) is 12.0 Å². The van der Waals surface area contributed by atoms with Gasteiger partial charge >= 0.3 is 0 Å². The third-order valence-corrected chi connectivity index (χ3v) is 3.55. The van der Waals surface area contributed by atoms with Gasteiger partial charge in [-0.25, -0.2) is 0 Å². The lowest BCUT2D eigenvalue weighted by molar-refractivity contribution is -0.128. The van der Waals surface area contributed by atoms with Gasteiger partial charge in [-0.15, -0.1) is 0 Å². The molecule has 1 heterocycles. The van der Waals surface area contributed by atoms with Gasteiger partial charge in [0.15, 0.2) is 0 Å². The standard InChI is InChI=1S/C10H18N2O/c1-3-10(4-5-10)7-12-8(2)11-6-9(12)13/h8,11H,3-7H2,1-2H3. The molecule has 1 aliphatic carbocycles. The Morgan fingerprint density at radius 1 is 1.62 bits per heavy atom.